The van der Waals surface area contributed by atoms with Gasteiger partial charge >= 0.3 is 11.9 Å². The lowest BCUT2D eigenvalue weighted by molar-refractivity contribution is -0.265. The van der Waals surface area contributed by atoms with Gasteiger partial charge in [-0.1, -0.05) is 91.0 Å². The number of carbonyl (C=O) groups is 7. The molecule has 2 bridgehead atoms. The predicted octanol–water partition coefficient (Wildman–Crippen LogP) is 13.9. The maximum Gasteiger partial charge on any atom is 0.329 e. The molecule has 2 aromatic carbocycles. The maximum absolute atomic E-state index is 15.4. The number of benzene rings is 2. The zero-order valence-corrected chi connectivity index (χ0v) is 82.5. The highest BCUT2D eigenvalue weighted by Crippen LogP contribution is 2.40. The highest BCUT2D eigenvalue weighted by atomic mass is 32.2. The molecule has 15 atom stereocenters. The number of halogens is 1. The first-order chi connectivity index (χ1) is 63.8. The monoisotopic (exact) mass is 1890 g/mol. The average Bonchev–Trinajstić information content (AvgIpc) is 1.59. The van der Waals surface area contributed by atoms with Gasteiger partial charge < -0.3 is 96.8 Å². The number of aliphatic hydroxyl groups is 2. The lowest BCUT2D eigenvalue weighted by Gasteiger charge is -2.42. The number of aliphatic hydroxyl groups excluding tert-OH is 1. The summed E-state index contributed by atoms with van der Waals surface area (Å²) in [6.45, 7) is 28.2. The smallest absolute Gasteiger partial charge is 0.329 e. The van der Waals surface area contributed by atoms with Crippen molar-refractivity contribution in [3.8, 4) is 16.9 Å². The number of amides is 2. The number of esters is 2. The molecule has 30 nitrogen and oxygen atoms in total. The number of nitrogens with two attached hydrogens (primary N) is 1. The van der Waals surface area contributed by atoms with Crippen molar-refractivity contribution < 1.29 is 128 Å². The topological polar surface area (TPSA) is 378 Å². The Morgan fingerprint density at radius 1 is 0.669 bits per heavy atom. The number of nitrogen functional groups attached to an aromatic ring is 1. The number of fused-ring (bicyclic) bond motifs is 4. The molecule has 3 aromatic rings. The van der Waals surface area contributed by atoms with E-state index in [1.165, 1.54) is 32.1 Å². The second-order valence-electron chi connectivity index (χ2n) is 35.5. The van der Waals surface area contributed by atoms with Gasteiger partial charge in [0.15, 0.2) is 15.6 Å². The van der Waals surface area contributed by atoms with Crippen molar-refractivity contribution in [2.45, 2.75) is 264 Å². The SMILES string of the molecule is CCCOCCOCCOCCOCCOCCOCCC.COCCC(=O)CCCS(=O)(=O)c1ccc(C(=O)N2CCOc3ccc(-c4ccc(N)nc4)cc3C2)c(C)c1F.COCCCC(=O)O[C@@H]1CC[C@@H](C[C@@H](C)[C@@H]2CC[C@H](C)/C=C(\C)[C@@H](O)[C@@H](OC)C(=O)[C@H](C)C[C@H](C)/C=C/C=C/C=C(\C)[C@@H](OC)C[C@@H]3CC[C@@H](C)[C@@](O)(O3)C(=O)C(=O)N3CCCC[C@H]3C(=O)O2)C[C@H]1OC. The first kappa shape index (κ1) is 114. The molecule has 1 aliphatic carbocycles. The van der Waals surface area contributed by atoms with E-state index in [1.807, 2.05) is 88.4 Å². The number of rotatable bonds is 40. The van der Waals surface area contributed by atoms with Gasteiger partial charge in [0.25, 0.3) is 17.6 Å². The van der Waals surface area contributed by atoms with E-state index in [2.05, 4.69) is 25.8 Å². The normalized spacial score (nSPS) is 26.1. The van der Waals surface area contributed by atoms with Gasteiger partial charge in [-0.2, -0.15) is 0 Å². The quantitative estimate of drug-likeness (QED) is 0.0206. The van der Waals surface area contributed by atoms with Gasteiger partial charge in [0.05, 0.1) is 103 Å². The van der Waals surface area contributed by atoms with E-state index in [-0.39, 0.29) is 135 Å². The number of hydrogen-bond acceptors (Lipinski definition) is 28. The molecule has 2 amide bonds. The number of methoxy groups -OCH3 is 5. The fourth-order valence-corrected chi connectivity index (χ4v) is 18.5. The summed E-state index contributed by atoms with van der Waals surface area (Å²) in [5.74, 6) is -7.44. The number of nitrogens with zero attached hydrogens (tertiary/aromatic N) is 3. The molecular weight excluding hydrogens is 1740 g/mol. The number of carbonyl (C=O) groups excluding carboxylic acids is 7. The summed E-state index contributed by atoms with van der Waals surface area (Å²) in [5, 5.41) is 23.5. The van der Waals surface area contributed by atoms with Crippen molar-refractivity contribution >= 4 is 56.8 Å². The molecule has 32 heteroatoms. The van der Waals surface area contributed by atoms with Crippen LogP contribution in [-0.2, 0) is 111 Å². The summed E-state index contributed by atoms with van der Waals surface area (Å²) in [6, 6.07) is 10.6. The van der Waals surface area contributed by atoms with E-state index >= 15 is 4.39 Å². The van der Waals surface area contributed by atoms with E-state index in [0.717, 1.165) is 60.8 Å². The lowest BCUT2D eigenvalue weighted by atomic mass is 9.78. The molecule has 5 heterocycles. The minimum atomic E-state index is -3.99. The fraction of sp³-hybridized carbons (Fsp3) is 0.683. The second-order valence-corrected chi connectivity index (χ2v) is 37.6. The number of allylic oxidation sites excluding steroid dienone is 6. The number of anilines is 1. The number of sulfone groups is 1. The Labute approximate surface area is 789 Å². The minimum absolute atomic E-state index is 0.0469. The van der Waals surface area contributed by atoms with Crippen molar-refractivity contribution in [2.24, 2.45) is 35.5 Å². The number of Topliss-reactive ketones (excluding diaryl/α,β-unsaturated/α-hetero) is 3. The third kappa shape index (κ3) is 38.3. The zero-order valence-electron chi connectivity index (χ0n) is 81.6. The van der Waals surface area contributed by atoms with Crippen LogP contribution in [0.3, 0.4) is 0 Å². The van der Waals surface area contributed by atoms with Crippen LogP contribution >= 0.6 is 0 Å². The van der Waals surface area contributed by atoms with E-state index in [0.29, 0.717) is 173 Å². The molecule has 8 rings (SSSR count). The average molecular weight is 1890 g/mol. The number of hydrogen-bond donors (Lipinski definition) is 3. The fourth-order valence-electron chi connectivity index (χ4n) is 17.0. The summed E-state index contributed by atoms with van der Waals surface area (Å²) in [4.78, 5) is 101. The van der Waals surface area contributed by atoms with Crippen LogP contribution in [0.4, 0.5) is 10.2 Å². The molecule has 2 saturated heterocycles. The van der Waals surface area contributed by atoms with Gasteiger partial charge in [-0.05, 0) is 206 Å². The van der Waals surface area contributed by atoms with E-state index in [1.54, 1.807) is 52.3 Å². The first-order valence-corrected chi connectivity index (χ1v) is 49.4. The van der Waals surface area contributed by atoms with Crippen LogP contribution in [0.1, 0.15) is 212 Å². The number of piperidine rings is 1. The molecular formula is C101H155FN4O26S. The maximum atomic E-state index is 15.4. The van der Waals surface area contributed by atoms with Crippen molar-refractivity contribution in [1.82, 2.24) is 14.8 Å². The van der Waals surface area contributed by atoms with E-state index in [9.17, 15) is 52.2 Å². The Bertz CT molecular complexity index is 4240. The third-order valence-electron chi connectivity index (χ3n) is 24.9. The van der Waals surface area contributed by atoms with Crippen molar-refractivity contribution in [2.75, 3.05) is 159 Å². The van der Waals surface area contributed by atoms with Crippen LogP contribution < -0.4 is 10.5 Å². The molecule has 748 valence electrons. The second kappa shape index (κ2) is 61.5. The van der Waals surface area contributed by atoms with E-state index < -0.39 is 92.4 Å². The molecule has 0 radical (unpaired) electrons. The summed E-state index contributed by atoms with van der Waals surface area (Å²) in [6.07, 6.45) is 19.2. The van der Waals surface area contributed by atoms with Crippen molar-refractivity contribution in [3.05, 3.63) is 119 Å². The largest absolute Gasteiger partial charge is 0.491 e. The van der Waals surface area contributed by atoms with Crippen LogP contribution in [0.25, 0.3) is 11.1 Å². The third-order valence-corrected chi connectivity index (χ3v) is 26.7. The Morgan fingerprint density at radius 2 is 1.32 bits per heavy atom. The highest BCUT2D eigenvalue weighted by Gasteiger charge is 2.53. The minimum Gasteiger partial charge on any atom is -0.491 e. The summed E-state index contributed by atoms with van der Waals surface area (Å²) in [5.41, 5.74) is 9.72. The number of pyridine rings is 1. The molecule has 133 heavy (non-hydrogen) atoms. The van der Waals surface area contributed by atoms with Gasteiger partial charge in [-0.3, -0.25) is 28.8 Å². The summed E-state index contributed by atoms with van der Waals surface area (Å²) in [7, 11) is 3.74. The molecule has 4 aliphatic heterocycles. The van der Waals surface area contributed by atoms with Gasteiger partial charge in [0.1, 0.15) is 65.1 Å². The molecule has 0 spiro atoms. The Kier molecular flexibility index (Phi) is 52.8. The number of ketones is 3. The van der Waals surface area contributed by atoms with Crippen LogP contribution in [0.15, 0.2) is 101 Å². The number of aromatic nitrogens is 1. The van der Waals surface area contributed by atoms with Gasteiger partial charge in [0, 0.05) is 129 Å². The Balaban J connectivity index is 0.000000364. The Hall–Kier alpha value is -7.64. The van der Waals surface area contributed by atoms with Crippen LogP contribution in [0.5, 0.6) is 5.75 Å². The molecule has 0 unspecified atom stereocenters. The summed E-state index contributed by atoms with van der Waals surface area (Å²) < 4.78 is 125. The Morgan fingerprint density at radius 3 is 1.94 bits per heavy atom. The predicted molar refractivity (Wildman–Crippen MR) is 503 cm³/mol. The summed E-state index contributed by atoms with van der Waals surface area (Å²) >= 11 is 0. The van der Waals surface area contributed by atoms with E-state index in [4.69, 9.17) is 76.8 Å². The van der Waals surface area contributed by atoms with Gasteiger partial charge in [-0.15, -0.1) is 0 Å². The zero-order chi connectivity index (χ0) is 97.4. The standard InChI is InChI=1S/C56H89NO14.C29H32FN3O6S.C16H34O6/c1-35-18-13-12-14-19-37(3)47(66-9)34-43-25-23-41(7)56(64,71-43)53(61)54(62)57-28-16-15-20-44(57)55(63)70-45(26-22-36(2)31-40(6)51(60)52(68-11)50(59)39(5)30-35)38(4)32-42-24-27-46(48(33-42)67-10)69-49(58)21-17-29-65-8;1-19-24(7-9-26(28(19)30)40(36,37)15-3-4-23(34)11-13-38-2)29(35)33-12-14-39-25-8-5-20(16-22(25)18-33)21-6-10-27(31)32-17-21;1-3-5-17-7-9-19-11-13-21-15-16-22-14-12-20-10-8-18-6-4-2/h12-14,18-19,31,35-36,38-39,41-48,51-52,60,64H,15-17,20-30,32-34H2,1-11H3;5-10,16-17H,3-4,11-15,18H2,1-2H3,(H2,31,32);3-16H2,1-2H3/b14-12+,18-13+,37-19+,40-31+;;/t35-,36+,38-,39-,41-,42+,43+,44+,45+,46-,47+,48-,51-,52+,56-;;/m1../s1. The molecule has 1 saturated carbocycles. The van der Waals surface area contributed by atoms with Crippen LogP contribution in [-0.4, -0.2) is 283 Å². The molecule has 3 fully saturated rings. The van der Waals surface area contributed by atoms with Crippen molar-refractivity contribution in [3.63, 3.8) is 0 Å². The van der Waals surface area contributed by atoms with Crippen molar-refractivity contribution in [1.29, 1.82) is 0 Å². The van der Waals surface area contributed by atoms with Crippen LogP contribution in [0, 0.1) is 48.2 Å². The number of ether oxygens (including phenoxy) is 15. The van der Waals surface area contributed by atoms with Crippen LogP contribution in [0.2, 0.25) is 0 Å². The van der Waals surface area contributed by atoms with Gasteiger partial charge in [0.2, 0.25) is 5.79 Å². The molecule has 4 N–H and O–H groups in total. The molecule has 1 aromatic heterocycles. The molecule has 5 aliphatic rings. The number of cyclic esters (lactones) is 1. The first-order valence-electron chi connectivity index (χ1n) is 47.7. The lowest BCUT2D eigenvalue weighted by Crippen LogP contribution is -2.61. The highest BCUT2D eigenvalue weighted by molar-refractivity contribution is 7.91. The van der Waals surface area contributed by atoms with Gasteiger partial charge in [-0.25, -0.2) is 22.6 Å².